The topological polar surface area (TPSA) is 62.1 Å². The van der Waals surface area contributed by atoms with Gasteiger partial charge in [0.05, 0.1) is 11.8 Å². The monoisotopic (exact) mass is 429 g/mol. The summed E-state index contributed by atoms with van der Waals surface area (Å²) in [6.07, 6.45) is 1.66. The van der Waals surface area contributed by atoms with Crippen molar-refractivity contribution in [2.75, 3.05) is 0 Å². The quantitative estimate of drug-likeness (QED) is 0.642. The number of hydrazone groups is 1. The van der Waals surface area contributed by atoms with Crippen LogP contribution in [0.15, 0.2) is 56.9 Å². The van der Waals surface area contributed by atoms with Crippen LogP contribution in [0.2, 0.25) is 5.02 Å². The van der Waals surface area contributed by atoms with Gasteiger partial charge in [0.1, 0.15) is 4.90 Å². The van der Waals surface area contributed by atoms with Gasteiger partial charge in [0.2, 0.25) is 0 Å². The molecule has 0 bridgehead atoms. The van der Waals surface area contributed by atoms with Gasteiger partial charge in [-0.3, -0.25) is 0 Å². The van der Waals surface area contributed by atoms with Gasteiger partial charge in [-0.15, -0.1) is 4.40 Å². The molecule has 1 atom stereocenters. The summed E-state index contributed by atoms with van der Waals surface area (Å²) in [6.45, 7) is 8.49. The Morgan fingerprint density at radius 1 is 1.10 bits per heavy atom. The van der Waals surface area contributed by atoms with E-state index in [-0.39, 0.29) is 16.4 Å². The molecule has 0 spiro atoms. The average Bonchev–Trinajstić information content (AvgIpc) is 2.93. The Morgan fingerprint density at radius 3 is 2.55 bits per heavy atom. The molecular weight excluding hydrogens is 406 g/mol. The average molecular weight is 430 g/mol. The lowest BCUT2D eigenvalue weighted by Gasteiger charge is -2.33. The summed E-state index contributed by atoms with van der Waals surface area (Å²) in [5.41, 5.74) is 3.61. The Labute approximate surface area is 177 Å². The molecular formula is C22H24ClN3O2S. The summed E-state index contributed by atoms with van der Waals surface area (Å²) in [6, 6.07) is 12.9. The van der Waals surface area contributed by atoms with Gasteiger partial charge in [-0.25, -0.2) is 5.01 Å². The van der Waals surface area contributed by atoms with Crippen LogP contribution in [0.25, 0.3) is 0 Å². The standard InChI is InChI=1S/C22H24ClN3O2S/c1-14-9-12-19(16-11-10-15(23)13-18(16)22(2,3)4)24-26(14)21-17-7-5-6-8-20(17)29(27,28)25-21/h5-8,10-11,13-14H,9,12H2,1-4H3. The summed E-state index contributed by atoms with van der Waals surface area (Å²) in [4.78, 5) is 0.242. The lowest BCUT2D eigenvalue weighted by molar-refractivity contribution is 0.316. The Hall–Kier alpha value is -2.18. The van der Waals surface area contributed by atoms with E-state index in [9.17, 15) is 8.42 Å². The van der Waals surface area contributed by atoms with Crippen LogP contribution in [0, 0.1) is 0 Å². The molecule has 0 amide bonds. The maximum absolute atomic E-state index is 12.5. The van der Waals surface area contributed by atoms with Gasteiger partial charge >= 0.3 is 0 Å². The molecule has 152 valence electrons. The Bertz CT molecular complexity index is 1150. The summed E-state index contributed by atoms with van der Waals surface area (Å²) in [5.74, 6) is 0.400. The number of hydrogen-bond acceptors (Lipinski definition) is 4. The molecule has 0 aliphatic carbocycles. The lowest BCUT2D eigenvalue weighted by atomic mass is 9.81. The van der Waals surface area contributed by atoms with Crippen LogP contribution in [-0.2, 0) is 15.4 Å². The maximum Gasteiger partial charge on any atom is 0.285 e. The second-order valence-corrected chi connectivity index (χ2v) is 10.6. The van der Waals surface area contributed by atoms with Crippen molar-refractivity contribution in [3.63, 3.8) is 0 Å². The zero-order valence-corrected chi connectivity index (χ0v) is 18.5. The van der Waals surface area contributed by atoms with Crippen LogP contribution >= 0.6 is 11.6 Å². The molecule has 4 rings (SSSR count). The lowest BCUT2D eigenvalue weighted by Crippen LogP contribution is -2.39. The van der Waals surface area contributed by atoms with Crippen LogP contribution in [0.5, 0.6) is 0 Å². The molecule has 0 fully saturated rings. The van der Waals surface area contributed by atoms with E-state index in [1.54, 1.807) is 23.2 Å². The number of nitrogens with zero attached hydrogens (tertiary/aromatic N) is 3. The molecule has 0 N–H and O–H groups in total. The van der Waals surface area contributed by atoms with Crippen molar-refractivity contribution in [1.82, 2.24) is 5.01 Å². The van der Waals surface area contributed by atoms with Gasteiger partial charge in [-0.1, -0.05) is 50.6 Å². The van der Waals surface area contributed by atoms with Gasteiger partial charge in [0.15, 0.2) is 5.84 Å². The highest BCUT2D eigenvalue weighted by molar-refractivity contribution is 7.90. The Morgan fingerprint density at radius 2 is 1.83 bits per heavy atom. The van der Waals surface area contributed by atoms with Crippen molar-refractivity contribution in [3.8, 4) is 0 Å². The first kappa shape index (κ1) is 20.1. The van der Waals surface area contributed by atoms with Gasteiger partial charge in [0, 0.05) is 16.1 Å². The molecule has 29 heavy (non-hydrogen) atoms. The SMILES string of the molecule is CC1CCC(c2ccc(Cl)cc2C(C)(C)C)=NN1C1=NS(=O)(=O)c2ccccc21. The summed E-state index contributed by atoms with van der Waals surface area (Å²) in [7, 11) is -3.69. The van der Waals surface area contributed by atoms with Crippen molar-refractivity contribution in [2.45, 2.75) is 56.9 Å². The second-order valence-electron chi connectivity index (χ2n) is 8.60. The van der Waals surface area contributed by atoms with E-state index in [0.29, 0.717) is 16.4 Å². The molecule has 2 aliphatic heterocycles. The van der Waals surface area contributed by atoms with E-state index >= 15 is 0 Å². The van der Waals surface area contributed by atoms with Gasteiger partial charge < -0.3 is 0 Å². The van der Waals surface area contributed by atoms with Gasteiger partial charge in [-0.05, 0) is 55.0 Å². The fraction of sp³-hybridized carbons (Fsp3) is 0.364. The predicted molar refractivity (Wildman–Crippen MR) is 117 cm³/mol. The van der Waals surface area contributed by atoms with Crippen molar-refractivity contribution >= 4 is 33.2 Å². The fourth-order valence-electron chi connectivity index (χ4n) is 3.83. The number of hydrogen-bond donors (Lipinski definition) is 0. The minimum absolute atomic E-state index is 0.0456. The summed E-state index contributed by atoms with van der Waals surface area (Å²) in [5, 5.41) is 7.36. The van der Waals surface area contributed by atoms with Crippen LogP contribution in [0.4, 0.5) is 0 Å². The minimum atomic E-state index is -3.69. The number of fused-ring (bicyclic) bond motifs is 1. The molecule has 0 saturated heterocycles. The first-order valence-corrected chi connectivity index (χ1v) is 11.5. The van der Waals surface area contributed by atoms with Crippen LogP contribution in [-0.4, -0.2) is 31.0 Å². The first-order chi connectivity index (χ1) is 13.6. The minimum Gasteiger partial charge on any atom is -0.244 e. The van der Waals surface area contributed by atoms with E-state index in [2.05, 4.69) is 25.2 Å². The highest BCUT2D eigenvalue weighted by atomic mass is 35.5. The Kier molecular flexibility index (Phi) is 4.82. The van der Waals surface area contributed by atoms with E-state index in [1.165, 1.54) is 0 Å². The van der Waals surface area contributed by atoms with Crippen molar-refractivity contribution in [3.05, 3.63) is 64.2 Å². The molecule has 2 heterocycles. The third-order valence-corrected chi connectivity index (χ3v) is 6.94. The molecule has 5 nitrogen and oxygen atoms in total. The molecule has 7 heteroatoms. The van der Waals surface area contributed by atoms with E-state index in [1.807, 2.05) is 31.2 Å². The number of halogens is 1. The van der Waals surface area contributed by atoms with E-state index in [0.717, 1.165) is 29.7 Å². The molecule has 0 saturated carbocycles. The highest BCUT2D eigenvalue weighted by Crippen LogP contribution is 2.34. The summed E-state index contributed by atoms with van der Waals surface area (Å²) >= 11 is 6.27. The second kappa shape index (κ2) is 6.96. The zero-order chi connectivity index (χ0) is 21.0. The van der Waals surface area contributed by atoms with E-state index in [4.69, 9.17) is 16.7 Å². The molecule has 2 aromatic carbocycles. The van der Waals surface area contributed by atoms with Gasteiger partial charge in [-0.2, -0.15) is 13.5 Å². The smallest absolute Gasteiger partial charge is 0.244 e. The summed E-state index contributed by atoms with van der Waals surface area (Å²) < 4.78 is 29.1. The maximum atomic E-state index is 12.5. The van der Waals surface area contributed by atoms with E-state index < -0.39 is 10.0 Å². The third-order valence-electron chi connectivity index (χ3n) is 5.37. The van der Waals surface area contributed by atoms with Crippen molar-refractivity contribution in [2.24, 2.45) is 9.50 Å². The molecule has 2 aliphatic rings. The Balaban J connectivity index is 1.84. The zero-order valence-electron chi connectivity index (χ0n) is 17.0. The molecule has 0 radical (unpaired) electrons. The number of amidine groups is 1. The predicted octanol–water partition coefficient (Wildman–Crippen LogP) is 4.98. The van der Waals surface area contributed by atoms with Crippen LogP contribution in [0.1, 0.15) is 57.2 Å². The third kappa shape index (κ3) is 3.60. The van der Waals surface area contributed by atoms with Crippen molar-refractivity contribution < 1.29 is 8.42 Å². The number of sulfonamides is 1. The molecule has 1 unspecified atom stereocenters. The largest absolute Gasteiger partial charge is 0.285 e. The number of benzene rings is 2. The van der Waals surface area contributed by atoms with Gasteiger partial charge in [0.25, 0.3) is 10.0 Å². The normalized spacial score (nSPS) is 20.9. The van der Waals surface area contributed by atoms with Crippen LogP contribution < -0.4 is 0 Å². The molecule has 2 aromatic rings. The van der Waals surface area contributed by atoms with Crippen molar-refractivity contribution in [1.29, 1.82) is 0 Å². The van der Waals surface area contributed by atoms with Crippen LogP contribution in [0.3, 0.4) is 0 Å². The highest BCUT2D eigenvalue weighted by Gasteiger charge is 2.35. The molecule has 0 aromatic heterocycles. The number of rotatable bonds is 1. The first-order valence-electron chi connectivity index (χ1n) is 9.69. The fourth-order valence-corrected chi connectivity index (χ4v) is 5.20.